The van der Waals surface area contributed by atoms with Gasteiger partial charge in [0.15, 0.2) is 0 Å². The maximum absolute atomic E-state index is 5.54. The summed E-state index contributed by atoms with van der Waals surface area (Å²) in [5.41, 5.74) is 0. The third kappa shape index (κ3) is 2.55. The molecule has 0 bridgehead atoms. The Hall–Kier alpha value is -0.800. The van der Waals surface area contributed by atoms with Crippen LogP contribution >= 0.6 is 0 Å². The first-order chi connectivity index (χ1) is 8.34. The highest BCUT2D eigenvalue weighted by Crippen LogP contribution is 2.34. The molecular formula is C14H22N2O. The van der Waals surface area contributed by atoms with Crippen LogP contribution in [0, 0.1) is 5.92 Å². The monoisotopic (exact) mass is 234 g/mol. The van der Waals surface area contributed by atoms with E-state index in [-0.39, 0.29) is 0 Å². The SMILES string of the molecule is CC(c1ccco1)N1CCCNC(C2CC2)C1. The van der Waals surface area contributed by atoms with E-state index in [9.17, 15) is 0 Å². The van der Waals surface area contributed by atoms with Gasteiger partial charge in [-0.25, -0.2) is 0 Å². The van der Waals surface area contributed by atoms with E-state index in [0.29, 0.717) is 12.1 Å². The van der Waals surface area contributed by atoms with Gasteiger partial charge < -0.3 is 9.73 Å². The normalized spacial score (nSPS) is 28.9. The van der Waals surface area contributed by atoms with Crippen LogP contribution in [0.5, 0.6) is 0 Å². The van der Waals surface area contributed by atoms with Gasteiger partial charge in [-0.05, 0) is 50.8 Å². The Balaban J connectivity index is 1.68. The second kappa shape index (κ2) is 4.83. The van der Waals surface area contributed by atoms with Crippen LogP contribution in [-0.2, 0) is 0 Å². The van der Waals surface area contributed by atoms with Gasteiger partial charge in [0.05, 0.1) is 12.3 Å². The third-order valence-electron chi connectivity index (χ3n) is 4.15. The van der Waals surface area contributed by atoms with Crippen molar-refractivity contribution in [3.05, 3.63) is 24.2 Å². The summed E-state index contributed by atoms with van der Waals surface area (Å²) in [7, 11) is 0. The van der Waals surface area contributed by atoms with Gasteiger partial charge in [0.2, 0.25) is 0 Å². The van der Waals surface area contributed by atoms with Crippen LogP contribution in [0.3, 0.4) is 0 Å². The molecular weight excluding hydrogens is 212 g/mol. The third-order valence-corrected chi connectivity index (χ3v) is 4.15. The molecule has 17 heavy (non-hydrogen) atoms. The number of hydrogen-bond donors (Lipinski definition) is 1. The molecule has 1 saturated carbocycles. The van der Waals surface area contributed by atoms with Crippen molar-refractivity contribution in [1.29, 1.82) is 0 Å². The van der Waals surface area contributed by atoms with Crippen molar-refractivity contribution >= 4 is 0 Å². The van der Waals surface area contributed by atoms with Crippen molar-refractivity contribution in [3.8, 4) is 0 Å². The van der Waals surface area contributed by atoms with Gasteiger partial charge in [0, 0.05) is 19.1 Å². The minimum absolute atomic E-state index is 0.408. The molecule has 1 saturated heterocycles. The van der Waals surface area contributed by atoms with Crippen LogP contribution in [0.25, 0.3) is 0 Å². The fraction of sp³-hybridized carbons (Fsp3) is 0.714. The highest BCUT2D eigenvalue weighted by atomic mass is 16.3. The van der Waals surface area contributed by atoms with Crippen LogP contribution in [0.15, 0.2) is 22.8 Å². The van der Waals surface area contributed by atoms with Crippen LogP contribution in [0.4, 0.5) is 0 Å². The zero-order valence-corrected chi connectivity index (χ0v) is 10.6. The van der Waals surface area contributed by atoms with Crippen LogP contribution < -0.4 is 5.32 Å². The van der Waals surface area contributed by atoms with Crippen LogP contribution in [-0.4, -0.2) is 30.6 Å². The summed E-state index contributed by atoms with van der Waals surface area (Å²) in [5, 5.41) is 3.70. The highest BCUT2D eigenvalue weighted by Gasteiger charge is 2.34. The largest absolute Gasteiger partial charge is 0.468 e. The van der Waals surface area contributed by atoms with Crippen LogP contribution in [0.2, 0.25) is 0 Å². The maximum Gasteiger partial charge on any atom is 0.120 e. The number of nitrogens with one attached hydrogen (secondary N) is 1. The Labute approximate surface area is 103 Å². The molecule has 2 fully saturated rings. The summed E-state index contributed by atoms with van der Waals surface area (Å²) >= 11 is 0. The fourth-order valence-corrected chi connectivity index (χ4v) is 2.85. The predicted octanol–water partition coefficient (Wildman–Crippen LogP) is 2.41. The lowest BCUT2D eigenvalue weighted by Crippen LogP contribution is -2.40. The molecule has 1 aromatic heterocycles. The Kier molecular flexibility index (Phi) is 3.21. The molecule has 2 aliphatic rings. The average molecular weight is 234 g/mol. The van der Waals surface area contributed by atoms with Crippen molar-refractivity contribution in [2.24, 2.45) is 5.92 Å². The van der Waals surface area contributed by atoms with Gasteiger partial charge in [0.25, 0.3) is 0 Å². The summed E-state index contributed by atoms with van der Waals surface area (Å²) in [5.74, 6) is 2.03. The molecule has 3 nitrogen and oxygen atoms in total. The van der Waals surface area contributed by atoms with Crippen molar-refractivity contribution in [2.45, 2.75) is 38.3 Å². The molecule has 2 unspecified atom stereocenters. The molecule has 0 spiro atoms. The summed E-state index contributed by atoms with van der Waals surface area (Å²) < 4.78 is 5.54. The van der Waals surface area contributed by atoms with E-state index in [1.54, 1.807) is 6.26 Å². The molecule has 1 aliphatic heterocycles. The summed E-state index contributed by atoms with van der Waals surface area (Å²) in [6.07, 6.45) is 5.86. The molecule has 0 aromatic carbocycles. The number of furan rings is 1. The Morgan fingerprint density at radius 3 is 3.06 bits per heavy atom. The van der Waals surface area contributed by atoms with Crippen LogP contribution in [0.1, 0.15) is 38.0 Å². The quantitative estimate of drug-likeness (QED) is 0.870. The zero-order chi connectivity index (χ0) is 11.7. The zero-order valence-electron chi connectivity index (χ0n) is 10.6. The smallest absolute Gasteiger partial charge is 0.120 e. The van der Waals surface area contributed by atoms with E-state index in [4.69, 9.17) is 4.42 Å². The van der Waals surface area contributed by atoms with Crippen molar-refractivity contribution in [2.75, 3.05) is 19.6 Å². The molecule has 3 rings (SSSR count). The first-order valence-electron chi connectivity index (χ1n) is 6.85. The molecule has 2 atom stereocenters. The minimum Gasteiger partial charge on any atom is -0.468 e. The predicted molar refractivity (Wildman–Crippen MR) is 67.8 cm³/mol. The van der Waals surface area contributed by atoms with E-state index in [1.807, 2.05) is 6.07 Å². The Morgan fingerprint density at radius 2 is 2.35 bits per heavy atom. The highest BCUT2D eigenvalue weighted by molar-refractivity contribution is 5.04. The van der Waals surface area contributed by atoms with E-state index >= 15 is 0 Å². The second-order valence-corrected chi connectivity index (χ2v) is 5.44. The average Bonchev–Trinajstić information content (AvgIpc) is 3.08. The molecule has 0 amide bonds. The van der Waals surface area contributed by atoms with Gasteiger partial charge in [-0.2, -0.15) is 0 Å². The molecule has 0 radical (unpaired) electrons. The molecule has 1 N–H and O–H groups in total. The standard InChI is InChI=1S/C14H22N2O/c1-11(14-4-2-9-17-14)16-8-3-7-15-13(10-16)12-5-6-12/h2,4,9,11-13,15H,3,5-8,10H2,1H3. The van der Waals surface area contributed by atoms with E-state index in [2.05, 4.69) is 23.2 Å². The van der Waals surface area contributed by atoms with Gasteiger partial charge in [0.1, 0.15) is 5.76 Å². The van der Waals surface area contributed by atoms with E-state index in [0.717, 1.165) is 11.7 Å². The van der Waals surface area contributed by atoms with E-state index < -0.39 is 0 Å². The van der Waals surface area contributed by atoms with Gasteiger partial charge in [-0.3, -0.25) is 4.90 Å². The first kappa shape index (κ1) is 11.3. The number of nitrogens with zero attached hydrogens (tertiary/aromatic N) is 1. The number of hydrogen-bond acceptors (Lipinski definition) is 3. The van der Waals surface area contributed by atoms with Gasteiger partial charge in [-0.15, -0.1) is 0 Å². The minimum atomic E-state index is 0.408. The van der Waals surface area contributed by atoms with Crippen molar-refractivity contribution in [3.63, 3.8) is 0 Å². The van der Waals surface area contributed by atoms with E-state index in [1.165, 1.54) is 38.9 Å². The molecule has 2 heterocycles. The second-order valence-electron chi connectivity index (χ2n) is 5.44. The van der Waals surface area contributed by atoms with Crippen molar-refractivity contribution < 1.29 is 4.42 Å². The molecule has 1 aliphatic carbocycles. The molecule has 3 heteroatoms. The summed E-state index contributed by atoms with van der Waals surface area (Å²) in [6.45, 7) is 5.78. The first-order valence-corrected chi connectivity index (χ1v) is 6.85. The lowest BCUT2D eigenvalue weighted by atomic mass is 10.1. The number of rotatable bonds is 3. The lowest BCUT2D eigenvalue weighted by Gasteiger charge is -2.29. The summed E-state index contributed by atoms with van der Waals surface area (Å²) in [4.78, 5) is 2.57. The Morgan fingerprint density at radius 1 is 1.47 bits per heavy atom. The van der Waals surface area contributed by atoms with Gasteiger partial charge in [-0.1, -0.05) is 0 Å². The van der Waals surface area contributed by atoms with Crippen molar-refractivity contribution in [1.82, 2.24) is 10.2 Å². The summed E-state index contributed by atoms with van der Waals surface area (Å²) in [6, 6.07) is 5.19. The molecule has 94 valence electrons. The lowest BCUT2D eigenvalue weighted by molar-refractivity contribution is 0.180. The topological polar surface area (TPSA) is 28.4 Å². The fourth-order valence-electron chi connectivity index (χ4n) is 2.85. The Bertz CT molecular complexity index is 345. The molecule has 1 aromatic rings. The maximum atomic E-state index is 5.54. The van der Waals surface area contributed by atoms with Gasteiger partial charge >= 0.3 is 0 Å².